The fourth-order valence-electron chi connectivity index (χ4n) is 3.19. The largest absolute Gasteiger partial charge is 0.382 e. The van der Waals surface area contributed by atoms with Gasteiger partial charge in [-0.1, -0.05) is 34.1 Å². The molecule has 1 heterocycles. The van der Waals surface area contributed by atoms with Gasteiger partial charge in [0, 0.05) is 23.0 Å². The van der Waals surface area contributed by atoms with Crippen LogP contribution in [0.3, 0.4) is 0 Å². The molecule has 2 rings (SSSR count). The van der Waals surface area contributed by atoms with Gasteiger partial charge < -0.3 is 5.32 Å². The van der Waals surface area contributed by atoms with E-state index in [1.165, 1.54) is 10.7 Å². The van der Waals surface area contributed by atoms with E-state index >= 15 is 0 Å². The summed E-state index contributed by atoms with van der Waals surface area (Å²) in [6.07, 6.45) is 5.24. The van der Waals surface area contributed by atoms with Crippen LogP contribution in [-0.2, 0) is 12.8 Å². The average Bonchev–Trinajstić information content (AvgIpc) is 3.04. The first kappa shape index (κ1) is 20.9. The maximum Gasteiger partial charge on any atom is 0.123 e. The van der Waals surface area contributed by atoms with E-state index in [2.05, 4.69) is 45.3 Å². The van der Waals surface area contributed by atoms with Crippen LogP contribution in [0.15, 0.2) is 23.6 Å². The van der Waals surface area contributed by atoms with Crippen molar-refractivity contribution < 1.29 is 4.39 Å². The number of hydrogen-bond donors (Lipinski definition) is 1. The molecular formula is C22H33FN2S. The van der Waals surface area contributed by atoms with Crippen LogP contribution in [0.1, 0.15) is 76.1 Å². The summed E-state index contributed by atoms with van der Waals surface area (Å²) in [7, 11) is 0. The number of halogens is 1. The number of aryl methyl sites for hydroxylation is 1. The first-order valence-electron chi connectivity index (χ1n) is 9.88. The highest BCUT2D eigenvalue weighted by atomic mass is 32.1. The molecule has 1 aromatic heterocycles. The lowest BCUT2D eigenvalue weighted by atomic mass is 9.97. The summed E-state index contributed by atoms with van der Waals surface area (Å²) in [6.45, 7) is 11.0. The summed E-state index contributed by atoms with van der Waals surface area (Å²) >= 11 is 1.78. The van der Waals surface area contributed by atoms with E-state index in [-0.39, 0.29) is 5.82 Å². The van der Waals surface area contributed by atoms with Gasteiger partial charge in [0.1, 0.15) is 5.82 Å². The Kier molecular flexibility index (Phi) is 8.08. The van der Waals surface area contributed by atoms with Gasteiger partial charge in [0.2, 0.25) is 0 Å². The Balaban J connectivity index is 1.83. The molecular weight excluding hydrogens is 343 g/mol. The normalized spacial score (nSPS) is 13.8. The molecule has 0 spiro atoms. The topological polar surface area (TPSA) is 24.9 Å². The van der Waals surface area contributed by atoms with E-state index in [1.54, 1.807) is 23.5 Å². The molecule has 2 aromatic rings. The predicted octanol–water partition coefficient (Wildman–Crippen LogP) is 6.82. The molecule has 4 heteroatoms. The lowest BCUT2D eigenvalue weighted by Crippen LogP contribution is -2.18. The zero-order valence-corrected chi connectivity index (χ0v) is 17.6. The molecule has 0 saturated carbocycles. The van der Waals surface area contributed by atoms with Crippen molar-refractivity contribution in [2.75, 3.05) is 5.32 Å². The molecule has 0 radical (unpaired) electrons. The Morgan fingerprint density at radius 3 is 2.58 bits per heavy atom. The lowest BCUT2D eigenvalue weighted by Gasteiger charge is -2.20. The van der Waals surface area contributed by atoms with E-state index in [4.69, 9.17) is 4.98 Å². The van der Waals surface area contributed by atoms with Gasteiger partial charge in [-0.15, -0.1) is 11.3 Å². The molecule has 0 amide bonds. The van der Waals surface area contributed by atoms with Crippen LogP contribution in [0.2, 0.25) is 0 Å². The summed E-state index contributed by atoms with van der Waals surface area (Å²) in [4.78, 5) is 4.75. The van der Waals surface area contributed by atoms with E-state index < -0.39 is 0 Å². The highest BCUT2D eigenvalue weighted by Crippen LogP contribution is 2.24. The Bertz CT molecular complexity index is 681. The number of anilines is 1. The number of nitrogens with one attached hydrogen (secondary N) is 1. The second-order valence-electron chi connectivity index (χ2n) is 7.82. The van der Waals surface area contributed by atoms with Crippen molar-refractivity contribution in [1.29, 1.82) is 0 Å². The van der Waals surface area contributed by atoms with Crippen LogP contribution in [0.5, 0.6) is 0 Å². The highest BCUT2D eigenvalue weighted by Gasteiger charge is 2.12. The SMILES string of the molecule is CCCc1cc(F)ccc1NC(C)CCC(C)Cc1csc(C(C)C)n1. The summed E-state index contributed by atoms with van der Waals surface area (Å²) < 4.78 is 13.5. The Hall–Kier alpha value is -1.42. The molecule has 1 aromatic carbocycles. The van der Waals surface area contributed by atoms with Gasteiger partial charge in [-0.25, -0.2) is 9.37 Å². The first-order valence-corrected chi connectivity index (χ1v) is 10.8. The third kappa shape index (κ3) is 6.39. The van der Waals surface area contributed by atoms with Gasteiger partial charge in [0.05, 0.1) is 10.7 Å². The molecule has 0 saturated heterocycles. The lowest BCUT2D eigenvalue weighted by molar-refractivity contribution is 0.484. The maximum absolute atomic E-state index is 13.5. The Morgan fingerprint density at radius 1 is 1.15 bits per heavy atom. The van der Waals surface area contributed by atoms with Crippen LogP contribution < -0.4 is 5.32 Å². The quantitative estimate of drug-likeness (QED) is 0.492. The van der Waals surface area contributed by atoms with E-state index in [1.807, 2.05) is 6.07 Å². The third-order valence-corrected chi connectivity index (χ3v) is 5.90. The van der Waals surface area contributed by atoms with Crippen molar-refractivity contribution in [2.24, 2.45) is 5.92 Å². The summed E-state index contributed by atoms with van der Waals surface area (Å²) in [5.41, 5.74) is 3.39. The van der Waals surface area contributed by atoms with E-state index in [9.17, 15) is 4.39 Å². The molecule has 0 fully saturated rings. The van der Waals surface area contributed by atoms with Crippen LogP contribution in [0.25, 0.3) is 0 Å². The number of thiazole rings is 1. The monoisotopic (exact) mass is 376 g/mol. The molecule has 0 bridgehead atoms. The number of nitrogens with zero attached hydrogens (tertiary/aromatic N) is 1. The molecule has 2 nitrogen and oxygen atoms in total. The van der Waals surface area contributed by atoms with Crippen molar-refractivity contribution in [3.05, 3.63) is 45.7 Å². The van der Waals surface area contributed by atoms with E-state index in [0.29, 0.717) is 17.9 Å². The Labute approximate surface area is 162 Å². The number of hydrogen-bond acceptors (Lipinski definition) is 3. The minimum atomic E-state index is -0.149. The molecule has 2 unspecified atom stereocenters. The van der Waals surface area contributed by atoms with Crippen molar-refractivity contribution >= 4 is 17.0 Å². The molecule has 144 valence electrons. The molecule has 2 atom stereocenters. The highest BCUT2D eigenvalue weighted by molar-refractivity contribution is 7.09. The van der Waals surface area contributed by atoms with Gasteiger partial charge in [-0.05, 0) is 62.3 Å². The minimum Gasteiger partial charge on any atom is -0.382 e. The van der Waals surface area contributed by atoms with Crippen LogP contribution in [-0.4, -0.2) is 11.0 Å². The van der Waals surface area contributed by atoms with Gasteiger partial charge in [0.25, 0.3) is 0 Å². The van der Waals surface area contributed by atoms with Crippen molar-refractivity contribution in [1.82, 2.24) is 4.98 Å². The smallest absolute Gasteiger partial charge is 0.123 e. The molecule has 0 aliphatic heterocycles. The van der Waals surface area contributed by atoms with Gasteiger partial charge in [-0.3, -0.25) is 0 Å². The van der Waals surface area contributed by atoms with Crippen molar-refractivity contribution in [3.63, 3.8) is 0 Å². The predicted molar refractivity (Wildman–Crippen MR) is 112 cm³/mol. The minimum absolute atomic E-state index is 0.149. The van der Waals surface area contributed by atoms with Gasteiger partial charge >= 0.3 is 0 Å². The van der Waals surface area contributed by atoms with Gasteiger partial charge in [0.15, 0.2) is 0 Å². The van der Waals surface area contributed by atoms with Crippen LogP contribution >= 0.6 is 11.3 Å². The van der Waals surface area contributed by atoms with Crippen LogP contribution in [0, 0.1) is 11.7 Å². The zero-order chi connectivity index (χ0) is 19.1. The van der Waals surface area contributed by atoms with E-state index in [0.717, 1.165) is 43.4 Å². The van der Waals surface area contributed by atoms with Crippen LogP contribution in [0.4, 0.5) is 10.1 Å². The molecule has 0 aliphatic carbocycles. The molecule has 0 aliphatic rings. The summed E-state index contributed by atoms with van der Waals surface area (Å²) in [6, 6.07) is 5.46. The summed E-state index contributed by atoms with van der Waals surface area (Å²) in [5, 5.41) is 7.03. The maximum atomic E-state index is 13.5. The number of aromatic nitrogens is 1. The molecule has 1 N–H and O–H groups in total. The number of benzene rings is 1. The fourth-order valence-corrected chi connectivity index (χ4v) is 4.04. The number of rotatable bonds is 10. The molecule has 26 heavy (non-hydrogen) atoms. The van der Waals surface area contributed by atoms with Crippen molar-refractivity contribution in [2.45, 2.75) is 78.7 Å². The third-order valence-electron chi connectivity index (χ3n) is 4.70. The van der Waals surface area contributed by atoms with Gasteiger partial charge in [-0.2, -0.15) is 0 Å². The first-order chi connectivity index (χ1) is 12.4. The fraction of sp³-hybridized carbons (Fsp3) is 0.591. The average molecular weight is 377 g/mol. The second-order valence-corrected chi connectivity index (χ2v) is 8.70. The standard InChI is InChI=1S/C22H33FN2S/c1-6-7-18-13-19(23)10-11-21(18)24-17(5)9-8-16(4)12-20-14-26-22(25-20)15(2)3/h10-11,13-17,24H,6-9,12H2,1-5H3. The second kappa shape index (κ2) is 10.1. The van der Waals surface area contributed by atoms with Crippen molar-refractivity contribution in [3.8, 4) is 0 Å². The Morgan fingerprint density at radius 2 is 1.92 bits per heavy atom. The summed E-state index contributed by atoms with van der Waals surface area (Å²) in [5.74, 6) is 0.982. The zero-order valence-electron chi connectivity index (χ0n) is 16.8.